The van der Waals surface area contributed by atoms with Crippen LogP contribution in [0.5, 0.6) is 0 Å². The lowest BCUT2D eigenvalue weighted by Gasteiger charge is -2.03. The van der Waals surface area contributed by atoms with Crippen LogP contribution in [0.25, 0.3) is 10.1 Å². The van der Waals surface area contributed by atoms with Crippen LogP contribution in [-0.2, 0) is 12.8 Å². The molecule has 3 rings (SSSR count). The molecule has 0 atom stereocenters. The van der Waals surface area contributed by atoms with E-state index < -0.39 is 0 Å². The van der Waals surface area contributed by atoms with E-state index in [0.29, 0.717) is 18.8 Å². The van der Waals surface area contributed by atoms with Gasteiger partial charge in [0, 0.05) is 23.0 Å². The van der Waals surface area contributed by atoms with Crippen LogP contribution >= 0.6 is 35.1 Å². The lowest BCUT2D eigenvalue weighted by molar-refractivity contribution is 0.0949. The fourth-order valence-corrected chi connectivity index (χ4v) is 4.07. The van der Waals surface area contributed by atoms with Crippen molar-refractivity contribution in [1.82, 2.24) is 10.3 Å². The summed E-state index contributed by atoms with van der Waals surface area (Å²) in [5.74, 6) is -0.112. The van der Waals surface area contributed by atoms with Crippen molar-refractivity contribution in [2.45, 2.75) is 12.8 Å². The molecule has 2 heterocycles. The molecular weight excluding hydrogens is 350 g/mol. The van der Waals surface area contributed by atoms with Crippen LogP contribution in [0.3, 0.4) is 0 Å². The molecule has 0 spiro atoms. The van der Waals surface area contributed by atoms with E-state index in [4.69, 9.17) is 5.73 Å². The highest BCUT2D eigenvalue weighted by Gasteiger charge is 2.10. The lowest BCUT2D eigenvalue weighted by atomic mass is 10.1. The third-order valence-corrected chi connectivity index (χ3v) is 5.30. The van der Waals surface area contributed by atoms with Gasteiger partial charge in [-0.1, -0.05) is 18.2 Å². The van der Waals surface area contributed by atoms with E-state index in [-0.39, 0.29) is 18.3 Å². The van der Waals surface area contributed by atoms with Gasteiger partial charge in [-0.15, -0.1) is 35.1 Å². The van der Waals surface area contributed by atoms with Crippen LogP contribution in [0.4, 0.5) is 0 Å². The minimum absolute atomic E-state index is 0. The summed E-state index contributed by atoms with van der Waals surface area (Å²) in [5, 5.41) is 9.09. The van der Waals surface area contributed by atoms with Gasteiger partial charge in [-0.05, 0) is 35.4 Å². The Balaban J connectivity index is 0.00000192. The van der Waals surface area contributed by atoms with Gasteiger partial charge in [0.25, 0.3) is 5.91 Å². The third kappa shape index (κ3) is 4.29. The quantitative estimate of drug-likeness (QED) is 0.702. The molecule has 3 N–H and O–H groups in total. The number of thiazole rings is 1. The third-order valence-electron chi connectivity index (χ3n) is 3.38. The second-order valence-corrected chi connectivity index (χ2v) is 6.78. The first kappa shape index (κ1) is 17.9. The summed E-state index contributed by atoms with van der Waals surface area (Å²) >= 11 is 3.23. The number of hydrogen-bond acceptors (Lipinski definition) is 5. The number of nitrogens with one attached hydrogen (secondary N) is 1. The number of hydrogen-bond donors (Lipinski definition) is 2. The first-order valence-electron chi connectivity index (χ1n) is 7.15. The molecule has 0 saturated carbocycles. The zero-order chi connectivity index (χ0) is 15.4. The van der Waals surface area contributed by atoms with Crippen LogP contribution < -0.4 is 11.1 Å². The van der Waals surface area contributed by atoms with Crippen LogP contribution in [0, 0.1) is 0 Å². The van der Waals surface area contributed by atoms with Gasteiger partial charge in [0.05, 0.1) is 5.01 Å². The lowest BCUT2D eigenvalue weighted by Crippen LogP contribution is -2.26. The molecule has 7 heteroatoms. The Bertz CT molecular complexity index is 784. The highest BCUT2D eigenvalue weighted by atomic mass is 35.5. The first-order valence-corrected chi connectivity index (χ1v) is 8.91. The van der Waals surface area contributed by atoms with Crippen molar-refractivity contribution in [3.8, 4) is 0 Å². The smallest absolute Gasteiger partial charge is 0.270 e. The average molecular weight is 368 g/mol. The molecule has 23 heavy (non-hydrogen) atoms. The molecule has 0 radical (unpaired) electrons. The van der Waals surface area contributed by atoms with Crippen LogP contribution in [0.15, 0.2) is 35.0 Å². The largest absolute Gasteiger partial charge is 0.350 e. The van der Waals surface area contributed by atoms with Gasteiger partial charge < -0.3 is 11.1 Å². The van der Waals surface area contributed by atoms with Crippen molar-refractivity contribution in [2.75, 3.05) is 13.1 Å². The number of carbonyl (C=O) groups is 1. The standard InChI is InChI=1S/C16H17N3OS2.ClH/c17-7-5-15-19-13(10-22-15)16(20)18-8-6-11-9-21-14-4-2-1-3-12(11)14;/h1-4,9-10H,5-8,17H2,(H,18,20);1H. The number of rotatable bonds is 6. The number of halogens is 1. The Morgan fingerprint density at radius 2 is 2.00 bits per heavy atom. The fraction of sp³-hybridized carbons (Fsp3) is 0.250. The van der Waals surface area contributed by atoms with Gasteiger partial charge in [-0.25, -0.2) is 4.98 Å². The molecule has 4 nitrogen and oxygen atoms in total. The number of fused-ring (bicyclic) bond motifs is 1. The Kier molecular flexibility index (Phi) is 6.53. The predicted octanol–water partition coefficient (Wildman–Crippen LogP) is 3.25. The molecular formula is C16H18ClN3OS2. The second-order valence-electron chi connectivity index (χ2n) is 4.93. The van der Waals surface area contributed by atoms with Crippen molar-refractivity contribution >= 4 is 51.1 Å². The van der Waals surface area contributed by atoms with E-state index in [2.05, 4.69) is 27.8 Å². The Morgan fingerprint density at radius 1 is 1.17 bits per heavy atom. The average Bonchev–Trinajstić information content (AvgIpc) is 3.15. The summed E-state index contributed by atoms with van der Waals surface area (Å²) < 4.78 is 1.29. The molecule has 1 amide bonds. The molecule has 0 saturated heterocycles. The highest BCUT2D eigenvalue weighted by Crippen LogP contribution is 2.25. The van der Waals surface area contributed by atoms with Crippen molar-refractivity contribution in [1.29, 1.82) is 0 Å². The highest BCUT2D eigenvalue weighted by molar-refractivity contribution is 7.17. The van der Waals surface area contributed by atoms with Crippen molar-refractivity contribution < 1.29 is 4.79 Å². The molecule has 0 unspecified atom stereocenters. The monoisotopic (exact) mass is 367 g/mol. The van der Waals surface area contributed by atoms with E-state index in [0.717, 1.165) is 17.8 Å². The second kappa shape index (κ2) is 8.40. The van der Waals surface area contributed by atoms with Gasteiger partial charge >= 0.3 is 0 Å². The number of amides is 1. The van der Waals surface area contributed by atoms with Gasteiger partial charge in [0.2, 0.25) is 0 Å². The van der Waals surface area contributed by atoms with Gasteiger partial charge in [0.15, 0.2) is 0 Å². The van der Waals surface area contributed by atoms with Gasteiger partial charge in [0.1, 0.15) is 5.69 Å². The minimum Gasteiger partial charge on any atom is -0.350 e. The first-order chi connectivity index (χ1) is 10.8. The summed E-state index contributed by atoms with van der Waals surface area (Å²) in [6.45, 7) is 1.17. The number of benzene rings is 1. The normalized spacial score (nSPS) is 10.5. The summed E-state index contributed by atoms with van der Waals surface area (Å²) in [7, 11) is 0. The maximum Gasteiger partial charge on any atom is 0.270 e. The van der Waals surface area contributed by atoms with E-state index in [1.807, 2.05) is 12.1 Å². The Hall–Kier alpha value is -1.47. The van der Waals surface area contributed by atoms with E-state index in [9.17, 15) is 4.79 Å². The molecule has 0 bridgehead atoms. The van der Waals surface area contributed by atoms with Crippen molar-refractivity contribution in [3.63, 3.8) is 0 Å². The van der Waals surface area contributed by atoms with Gasteiger partial charge in [-0.2, -0.15) is 0 Å². The molecule has 0 aliphatic heterocycles. The van der Waals surface area contributed by atoms with E-state index in [1.54, 1.807) is 16.7 Å². The summed E-state index contributed by atoms with van der Waals surface area (Å²) in [4.78, 5) is 16.4. The number of nitrogens with two attached hydrogens (primary N) is 1. The molecule has 2 aromatic heterocycles. The molecule has 122 valence electrons. The number of aromatic nitrogens is 1. The maximum atomic E-state index is 12.1. The molecule has 0 aliphatic carbocycles. The van der Waals surface area contributed by atoms with Crippen LogP contribution in [-0.4, -0.2) is 24.0 Å². The summed E-state index contributed by atoms with van der Waals surface area (Å²) in [6, 6.07) is 8.34. The zero-order valence-electron chi connectivity index (χ0n) is 12.5. The van der Waals surface area contributed by atoms with Crippen LogP contribution in [0.1, 0.15) is 21.1 Å². The summed E-state index contributed by atoms with van der Waals surface area (Å²) in [5.41, 5.74) is 7.26. The van der Waals surface area contributed by atoms with E-state index >= 15 is 0 Å². The predicted molar refractivity (Wildman–Crippen MR) is 100.0 cm³/mol. The molecule has 1 aromatic carbocycles. The van der Waals surface area contributed by atoms with Gasteiger partial charge in [-0.3, -0.25) is 4.79 Å². The molecule has 0 aliphatic rings. The molecule has 3 aromatic rings. The zero-order valence-corrected chi connectivity index (χ0v) is 14.9. The number of thiophene rings is 1. The van der Waals surface area contributed by atoms with E-state index in [1.165, 1.54) is 27.0 Å². The maximum absolute atomic E-state index is 12.1. The van der Waals surface area contributed by atoms with Crippen molar-refractivity contribution in [2.24, 2.45) is 5.73 Å². The van der Waals surface area contributed by atoms with Crippen molar-refractivity contribution in [3.05, 3.63) is 51.3 Å². The fourth-order valence-electron chi connectivity index (χ4n) is 2.28. The van der Waals surface area contributed by atoms with Crippen LogP contribution in [0.2, 0.25) is 0 Å². The number of nitrogens with zero attached hydrogens (tertiary/aromatic N) is 1. The summed E-state index contributed by atoms with van der Waals surface area (Å²) in [6.07, 6.45) is 1.55. The minimum atomic E-state index is -0.112. The SMILES string of the molecule is Cl.NCCc1nc(C(=O)NCCc2csc3ccccc23)cs1. The molecule has 0 fully saturated rings. The topological polar surface area (TPSA) is 68.0 Å². The Labute approximate surface area is 149 Å². The number of carbonyl (C=O) groups excluding carboxylic acids is 1. The Morgan fingerprint density at radius 3 is 2.83 bits per heavy atom.